The summed E-state index contributed by atoms with van der Waals surface area (Å²) in [7, 11) is 0. The van der Waals surface area contributed by atoms with E-state index < -0.39 is 6.04 Å². The third kappa shape index (κ3) is 2.67. The predicted molar refractivity (Wildman–Crippen MR) is 55.2 cm³/mol. The first-order valence-corrected chi connectivity index (χ1v) is 4.27. The summed E-state index contributed by atoms with van der Waals surface area (Å²) in [5.41, 5.74) is 12.4. The van der Waals surface area contributed by atoms with Crippen molar-refractivity contribution in [3.8, 4) is 0 Å². The van der Waals surface area contributed by atoms with Gasteiger partial charge in [-0.25, -0.2) is 0 Å². The number of benzene rings is 1. The lowest BCUT2D eigenvalue weighted by molar-refractivity contribution is -0.108. The Morgan fingerprint density at radius 2 is 2.00 bits per heavy atom. The van der Waals surface area contributed by atoms with E-state index >= 15 is 0 Å². The Labute approximate surface area is 82.4 Å². The van der Waals surface area contributed by atoms with Crippen LogP contribution in [0.1, 0.15) is 11.1 Å². The van der Waals surface area contributed by atoms with Crippen LogP contribution in [0, 0.1) is 5.41 Å². The van der Waals surface area contributed by atoms with Crippen molar-refractivity contribution in [1.29, 1.82) is 5.41 Å². The number of nitrogen functional groups attached to an aromatic ring is 1. The van der Waals surface area contributed by atoms with Gasteiger partial charge in [0.2, 0.25) is 0 Å². The normalized spacial score (nSPS) is 12.1. The second-order valence-corrected chi connectivity index (χ2v) is 3.11. The van der Waals surface area contributed by atoms with Gasteiger partial charge in [0.1, 0.15) is 12.1 Å². The molecule has 0 fully saturated rings. The van der Waals surface area contributed by atoms with Gasteiger partial charge >= 0.3 is 0 Å². The van der Waals surface area contributed by atoms with Crippen LogP contribution in [-0.4, -0.2) is 18.2 Å². The molecule has 0 radical (unpaired) electrons. The van der Waals surface area contributed by atoms with Gasteiger partial charge < -0.3 is 16.3 Å². The van der Waals surface area contributed by atoms with E-state index in [1.165, 1.54) is 0 Å². The summed E-state index contributed by atoms with van der Waals surface area (Å²) in [6.07, 6.45) is 1.24. The number of hydrogen-bond donors (Lipinski definition) is 3. The van der Waals surface area contributed by atoms with Gasteiger partial charge in [-0.3, -0.25) is 5.41 Å². The molecule has 0 saturated carbocycles. The van der Waals surface area contributed by atoms with E-state index in [1.54, 1.807) is 12.1 Å². The van der Waals surface area contributed by atoms with Crippen molar-refractivity contribution in [2.24, 2.45) is 11.5 Å². The molecular weight excluding hydrogens is 178 g/mol. The van der Waals surface area contributed by atoms with Crippen LogP contribution < -0.4 is 11.5 Å². The number of rotatable bonds is 4. The lowest BCUT2D eigenvalue weighted by Gasteiger charge is -2.04. The molecular formula is C10H13N3O. The van der Waals surface area contributed by atoms with Crippen LogP contribution >= 0.6 is 0 Å². The van der Waals surface area contributed by atoms with Crippen molar-refractivity contribution in [3.05, 3.63) is 35.4 Å². The van der Waals surface area contributed by atoms with Gasteiger partial charge in [0.15, 0.2) is 0 Å². The smallest absolute Gasteiger partial charge is 0.137 e. The average molecular weight is 191 g/mol. The zero-order valence-corrected chi connectivity index (χ0v) is 7.73. The molecule has 74 valence electrons. The van der Waals surface area contributed by atoms with E-state index in [0.717, 1.165) is 11.8 Å². The minimum atomic E-state index is -0.460. The Bertz CT molecular complexity index is 332. The molecule has 0 saturated heterocycles. The molecule has 0 aromatic heterocycles. The fourth-order valence-corrected chi connectivity index (χ4v) is 1.14. The molecule has 1 aromatic carbocycles. The fraction of sp³-hybridized carbons (Fsp3) is 0.200. The lowest BCUT2D eigenvalue weighted by Crippen LogP contribution is -2.24. The molecule has 4 nitrogen and oxygen atoms in total. The third-order valence-corrected chi connectivity index (χ3v) is 1.91. The largest absolute Gasteiger partial charge is 0.384 e. The van der Waals surface area contributed by atoms with Gasteiger partial charge in [-0.1, -0.05) is 24.3 Å². The van der Waals surface area contributed by atoms with E-state index in [2.05, 4.69) is 0 Å². The predicted octanol–water partition coefficient (Wildman–Crippen LogP) is 0.0394. The molecule has 0 aliphatic rings. The second-order valence-electron chi connectivity index (χ2n) is 3.11. The summed E-state index contributed by atoms with van der Waals surface area (Å²) < 4.78 is 0. The summed E-state index contributed by atoms with van der Waals surface area (Å²) in [6.45, 7) is 0. The molecule has 1 aromatic rings. The zero-order chi connectivity index (χ0) is 10.6. The van der Waals surface area contributed by atoms with Crippen molar-refractivity contribution < 1.29 is 4.79 Å². The number of hydrogen-bond acceptors (Lipinski definition) is 3. The Hall–Kier alpha value is -1.68. The second kappa shape index (κ2) is 4.53. The third-order valence-electron chi connectivity index (χ3n) is 1.91. The number of nitrogens with one attached hydrogen (secondary N) is 1. The van der Waals surface area contributed by atoms with E-state index in [1.807, 2.05) is 12.1 Å². The number of nitrogens with two attached hydrogens (primary N) is 2. The van der Waals surface area contributed by atoms with Crippen LogP contribution in [0.15, 0.2) is 24.3 Å². The molecule has 0 bridgehead atoms. The van der Waals surface area contributed by atoms with Gasteiger partial charge in [-0.15, -0.1) is 0 Å². The number of carbonyl (C=O) groups is 1. The van der Waals surface area contributed by atoms with Gasteiger partial charge in [0.25, 0.3) is 0 Å². The first-order valence-electron chi connectivity index (χ1n) is 4.27. The first-order chi connectivity index (χ1) is 6.63. The van der Waals surface area contributed by atoms with Crippen LogP contribution in [-0.2, 0) is 11.2 Å². The Balaban J connectivity index is 2.73. The minimum absolute atomic E-state index is 0.0382. The molecule has 4 heteroatoms. The van der Waals surface area contributed by atoms with Gasteiger partial charge in [-0.2, -0.15) is 0 Å². The van der Waals surface area contributed by atoms with Crippen molar-refractivity contribution in [3.63, 3.8) is 0 Å². The number of carbonyl (C=O) groups excluding carboxylic acids is 1. The van der Waals surface area contributed by atoms with E-state index in [-0.39, 0.29) is 5.84 Å². The maximum atomic E-state index is 10.3. The maximum absolute atomic E-state index is 10.3. The maximum Gasteiger partial charge on any atom is 0.137 e. The van der Waals surface area contributed by atoms with Gasteiger partial charge in [-0.05, 0) is 12.0 Å². The van der Waals surface area contributed by atoms with Crippen molar-refractivity contribution in [2.45, 2.75) is 12.5 Å². The highest BCUT2D eigenvalue weighted by Crippen LogP contribution is 2.05. The minimum Gasteiger partial charge on any atom is -0.384 e. The molecule has 0 heterocycles. The number of amidine groups is 1. The van der Waals surface area contributed by atoms with Crippen LogP contribution in [0.3, 0.4) is 0 Å². The summed E-state index contributed by atoms with van der Waals surface area (Å²) >= 11 is 0. The van der Waals surface area contributed by atoms with Crippen LogP contribution in [0.25, 0.3) is 0 Å². The topological polar surface area (TPSA) is 93.0 Å². The SMILES string of the molecule is N=C(N)c1ccc(C[C@@H](N)C=O)cc1. The molecule has 0 aliphatic carbocycles. The highest BCUT2D eigenvalue weighted by atomic mass is 16.1. The monoisotopic (exact) mass is 191 g/mol. The van der Waals surface area contributed by atoms with E-state index in [9.17, 15) is 4.79 Å². The molecule has 1 rings (SSSR count). The standard InChI is InChI=1S/C10H13N3O/c11-9(6-14)5-7-1-3-8(4-2-7)10(12)13/h1-4,6,9H,5,11H2,(H3,12,13)/t9-/m1/s1. The molecule has 1 atom stereocenters. The fourth-order valence-electron chi connectivity index (χ4n) is 1.14. The molecule has 14 heavy (non-hydrogen) atoms. The van der Waals surface area contributed by atoms with Crippen molar-refractivity contribution >= 4 is 12.1 Å². The van der Waals surface area contributed by atoms with Gasteiger partial charge in [0, 0.05) is 5.56 Å². The summed E-state index contributed by atoms with van der Waals surface area (Å²) in [5.74, 6) is 0.0382. The first kappa shape index (κ1) is 10.4. The quantitative estimate of drug-likeness (QED) is 0.356. The summed E-state index contributed by atoms with van der Waals surface area (Å²) in [4.78, 5) is 10.3. The van der Waals surface area contributed by atoms with Crippen molar-refractivity contribution in [2.75, 3.05) is 0 Å². The highest BCUT2D eigenvalue weighted by molar-refractivity contribution is 5.94. The number of aldehydes is 1. The van der Waals surface area contributed by atoms with E-state index in [0.29, 0.717) is 12.0 Å². The Kier molecular flexibility index (Phi) is 3.36. The average Bonchev–Trinajstić information content (AvgIpc) is 2.18. The zero-order valence-electron chi connectivity index (χ0n) is 7.73. The van der Waals surface area contributed by atoms with Crippen LogP contribution in [0.4, 0.5) is 0 Å². The molecule has 5 N–H and O–H groups in total. The van der Waals surface area contributed by atoms with E-state index in [4.69, 9.17) is 16.9 Å². The molecule has 0 aliphatic heterocycles. The Morgan fingerprint density at radius 1 is 1.43 bits per heavy atom. The summed E-state index contributed by atoms with van der Waals surface area (Å²) in [6, 6.07) is 6.67. The van der Waals surface area contributed by atoms with Crippen LogP contribution in [0.2, 0.25) is 0 Å². The molecule has 0 amide bonds. The highest BCUT2D eigenvalue weighted by Gasteiger charge is 2.02. The molecule has 0 spiro atoms. The molecule has 0 unspecified atom stereocenters. The van der Waals surface area contributed by atoms with Crippen LogP contribution in [0.5, 0.6) is 0 Å². The van der Waals surface area contributed by atoms with Crippen molar-refractivity contribution in [1.82, 2.24) is 0 Å². The summed E-state index contributed by atoms with van der Waals surface area (Å²) in [5, 5.41) is 7.18. The van der Waals surface area contributed by atoms with Gasteiger partial charge in [0.05, 0.1) is 6.04 Å². The Morgan fingerprint density at radius 3 is 2.43 bits per heavy atom. The lowest BCUT2D eigenvalue weighted by atomic mass is 10.1.